The average Bonchev–Trinajstić information content (AvgIpc) is 2.51. The summed E-state index contributed by atoms with van der Waals surface area (Å²) in [6, 6.07) is 0.327. The van der Waals surface area contributed by atoms with E-state index >= 15 is 0 Å². The molecule has 0 aromatic heterocycles. The van der Waals surface area contributed by atoms with Crippen LogP contribution < -0.4 is 5.32 Å². The highest BCUT2D eigenvalue weighted by atomic mass is 35.5. The molecule has 0 amide bonds. The third-order valence-electron chi connectivity index (χ3n) is 2.51. The summed E-state index contributed by atoms with van der Waals surface area (Å²) in [6.45, 7) is 4.73. The Balaban J connectivity index is 0.00000169. The van der Waals surface area contributed by atoms with E-state index in [9.17, 15) is 8.42 Å². The number of nitrogens with zero attached hydrogens (tertiary/aromatic N) is 1. The summed E-state index contributed by atoms with van der Waals surface area (Å²) in [4.78, 5) is 0. The second-order valence-electron chi connectivity index (χ2n) is 3.73. The van der Waals surface area contributed by atoms with Crippen molar-refractivity contribution >= 4 is 22.4 Å². The summed E-state index contributed by atoms with van der Waals surface area (Å²) < 4.78 is 25.0. The number of rotatable bonds is 3. The number of likely N-dealkylation sites (N-methyl/N-ethyl adjacent to an activating group) is 1. The van der Waals surface area contributed by atoms with Gasteiger partial charge in [0.1, 0.15) is 0 Å². The molecule has 1 fully saturated rings. The molecular weight excluding hydrogens is 224 g/mol. The third-order valence-corrected chi connectivity index (χ3v) is 4.76. The lowest BCUT2D eigenvalue weighted by Gasteiger charge is -2.18. The Bertz CT molecular complexity index is 267. The van der Waals surface area contributed by atoms with Gasteiger partial charge in [-0.25, -0.2) is 12.7 Å². The SMILES string of the molecule is CNC1CCN(S(=O)(=O)C(C)C)C1.Cl. The fourth-order valence-corrected chi connectivity index (χ4v) is 2.84. The van der Waals surface area contributed by atoms with Crippen molar-refractivity contribution < 1.29 is 8.42 Å². The van der Waals surface area contributed by atoms with Crippen LogP contribution in [0.25, 0.3) is 0 Å². The molecule has 1 saturated heterocycles. The second kappa shape index (κ2) is 5.30. The van der Waals surface area contributed by atoms with Crippen LogP contribution >= 0.6 is 12.4 Å². The fourth-order valence-electron chi connectivity index (χ4n) is 1.49. The van der Waals surface area contributed by atoms with Crippen LogP contribution in [0.3, 0.4) is 0 Å². The van der Waals surface area contributed by atoms with Crippen LogP contribution in [0.15, 0.2) is 0 Å². The zero-order valence-corrected chi connectivity index (χ0v) is 10.5. The average molecular weight is 243 g/mol. The third kappa shape index (κ3) is 2.82. The molecule has 0 bridgehead atoms. The van der Waals surface area contributed by atoms with Crippen molar-refractivity contribution in [3.05, 3.63) is 0 Å². The molecule has 0 radical (unpaired) electrons. The van der Waals surface area contributed by atoms with E-state index in [0.29, 0.717) is 19.1 Å². The Morgan fingerprint density at radius 2 is 2.00 bits per heavy atom. The lowest BCUT2D eigenvalue weighted by molar-refractivity contribution is 0.458. The number of hydrogen-bond donors (Lipinski definition) is 1. The Labute approximate surface area is 92.5 Å². The van der Waals surface area contributed by atoms with Crippen molar-refractivity contribution in [2.45, 2.75) is 31.6 Å². The predicted octanol–water partition coefficient (Wildman–Crippen LogP) is 0.440. The van der Waals surface area contributed by atoms with Crippen LogP contribution in [0.4, 0.5) is 0 Å². The Morgan fingerprint density at radius 3 is 2.36 bits per heavy atom. The van der Waals surface area contributed by atoms with Crippen LogP contribution in [0.2, 0.25) is 0 Å². The highest BCUT2D eigenvalue weighted by Crippen LogP contribution is 2.16. The lowest BCUT2D eigenvalue weighted by atomic mass is 10.3. The molecule has 0 aliphatic carbocycles. The molecule has 1 atom stereocenters. The van der Waals surface area contributed by atoms with E-state index in [-0.39, 0.29) is 17.7 Å². The van der Waals surface area contributed by atoms with Crippen LogP contribution in [-0.4, -0.2) is 44.2 Å². The molecule has 0 aromatic rings. The van der Waals surface area contributed by atoms with Crippen molar-refractivity contribution in [1.29, 1.82) is 0 Å². The first-order chi connectivity index (χ1) is 5.98. The van der Waals surface area contributed by atoms with Crippen molar-refractivity contribution in [2.75, 3.05) is 20.1 Å². The summed E-state index contributed by atoms with van der Waals surface area (Å²) in [6.07, 6.45) is 0.919. The van der Waals surface area contributed by atoms with Gasteiger partial charge < -0.3 is 5.32 Å². The number of nitrogens with one attached hydrogen (secondary N) is 1. The molecule has 1 aliphatic rings. The molecular formula is C8H19ClN2O2S. The maximum absolute atomic E-state index is 11.7. The zero-order valence-electron chi connectivity index (χ0n) is 8.86. The molecule has 1 rings (SSSR count). The molecule has 14 heavy (non-hydrogen) atoms. The number of halogens is 1. The van der Waals surface area contributed by atoms with Gasteiger partial charge in [0, 0.05) is 19.1 Å². The molecule has 0 aromatic carbocycles. The van der Waals surface area contributed by atoms with Gasteiger partial charge in [-0.05, 0) is 27.3 Å². The number of sulfonamides is 1. The van der Waals surface area contributed by atoms with Gasteiger partial charge in [-0.15, -0.1) is 12.4 Å². The first-order valence-corrected chi connectivity index (χ1v) is 6.15. The summed E-state index contributed by atoms with van der Waals surface area (Å²) >= 11 is 0. The van der Waals surface area contributed by atoms with Gasteiger partial charge in [0.25, 0.3) is 0 Å². The quantitative estimate of drug-likeness (QED) is 0.782. The maximum Gasteiger partial charge on any atom is 0.216 e. The molecule has 6 heteroatoms. The minimum absolute atomic E-state index is 0. The maximum atomic E-state index is 11.7. The van der Waals surface area contributed by atoms with Crippen molar-refractivity contribution in [2.24, 2.45) is 0 Å². The summed E-state index contributed by atoms with van der Waals surface area (Å²) in [7, 11) is -1.16. The van der Waals surface area contributed by atoms with E-state index < -0.39 is 10.0 Å². The second-order valence-corrected chi connectivity index (χ2v) is 6.22. The topological polar surface area (TPSA) is 49.4 Å². The van der Waals surface area contributed by atoms with E-state index in [1.165, 1.54) is 0 Å². The van der Waals surface area contributed by atoms with Gasteiger partial charge in [-0.1, -0.05) is 0 Å². The minimum atomic E-state index is -3.03. The van der Waals surface area contributed by atoms with Gasteiger partial charge in [-0.2, -0.15) is 0 Å². The summed E-state index contributed by atoms with van der Waals surface area (Å²) in [5.41, 5.74) is 0. The van der Waals surface area contributed by atoms with Crippen LogP contribution in [0.5, 0.6) is 0 Å². The van der Waals surface area contributed by atoms with Crippen molar-refractivity contribution in [3.63, 3.8) is 0 Å². The Morgan fingerprint density at radius 1 is 1.43 bits per heavy atom. The van der Waals surface area contributed by atoms with E-state index in [1.807, 2.05) is 7.05 Å². The van der Waals surface area contributed by atoms with Gasteiger partial charge in [0.05, 0.1) is 5.25 Å². The molecule has 1 unspecified atom stereocenters. The van der Waals surface area contributed by atoms with Crippen LogP contribution in [-0.2, 0) is 10.0 Å². The predicted molar refractivity (Wildman–Crippen MR) is 60.3 cm³/mol. The normalized spacial score (nSPS) is 23.9. The molecule has 0 spiro atoms. The molecule has 1 heterocycles. The van der Waals surface area contributed by atoms with Gasteiger partial charge in [0.2, 0.25) is 10.0 Å². The van der Waals surface area contributed by atoms with E-state index in [2.05, 4.69) is 5.32 Å². The smallest absolute Gasteiger partial charge is 0.216 e. The summed E-state index contributed by atoms with van der Waals surface area (Å²) in [5.74, 6) is 0. The van der Waals surface area contributed by atoms with Crippen molar-refractivity contribution in [1.82, 2.24) is 9.62 Å². The van der Waals surface area contributed by atoms with E-state index in [4.69, 9.17) is 0 Å². The molecule has 86 valence electrons. The van der Waals surface area contributed by atoms with Crippen LogP contribution in [0, 0.1) is 0 Å². The van der Waals surface area contributed by atoms with E-state index in [0.717, 1.165) is 6.42 Å². The summed E-state index contributed by atoms with van der Waals surface area (Å²) in [5, 5.41) is 2.80. The van der Waals surface area contributed by atoms with Gasteiger partial charge in [0.15, 0.2) is 0 Å². The highest BCUT2D eigenvalue weighted by Gasteiger charge is 2.32. The lowest BCUT2D eigenvalue weighted by Crippen LogP contribution is -2.37. The van der Waals surface area contributed by atoms with Crippen LogP contribution in [0.1, 0.15) is 20.3 Å². The molecule has 0 saturated carbocycles. The molecule has 4 nitrogen and oxygen atoms in total. The standard InChI is InChI=1S/C8H18N2O2S.ClH/c1-7(2)13(11,12)10-5-4-8(6-10)9-3;/h7-9H,4-6H2,1-3H3;1H. The largest absolute Gasteiger partial charge is 0.316 e. The van der Waals surface area contributed by atoms with Gasteiger partial charge >= 0.3 is 0 Å². The monoisotopic (exact) mass is 242 g/mol. The Kier molecular flexibility index (Phi) is 5.36. The minimum Gasteiger partial charge on any atom is -0.316 e. The number of hydrogen-bond acceptors (Lipinski definition) is 3. The first kappa shape index (κ1) is 14.2. The fraction of sp³-hybridized carbons (Fsp3) is 1.00. The van der Waals surface area contributed by atoms with E-state index in [1.54, 1.807) is 18.2 Å². The molecule has 1 aliphatic heterocycles. The first-order valence-electron chi connectivity index (χ1n) is 4.64. The molecule has 1 N–H and O–H groups in total. The van der Waals surface area contributed by atoms with Gasteiger partial charge in [-0.3, -0.25) is 0 Å². The van der Waals surface area contributed by atoms with Crippen molar-refractivity contribution in [3.8, 4) is 0 Å². The Hall–Kier alpha value is 0.160. The highest BCUT2D eigenvalue weighted by molar-refractivity contribution is 7.89. The zero-order chi connectivity index (χ0) is 10.1.